The van der Waals surface area contributed by atoms with Gasteiger partial charge in [-0.2, -0.15) is 0 Å². The molecule has 0 bridgehead atoms. The van der Waals surface area contributed by atoms with Gasteiger partial charge in [0.05, 0.1) is 6.10 Å². The molecule has 1 unspecified atom stereocenters. The number of ether oxygens (including phenoxy) is 1. The number of aliphatic hydroxyl groups excluding tert-OH is 1. The van der Waals surface area contributed by atoms with Crippen molar-refractivity contribution < 1.29 is 9.84 Å². The predicted octanol–water partition coefficient (Wildman–Crippen LogP) is 1.47. The Kier molecular flexibility index (Phi) is 3.92. The highest BCUT2D eigenvalue weighted by molar-refractivity contribution is 5.28. The fourth-order valence-corrected chi connectivity index (χ4v) is 1.08. The minimum absolute atomic E-state index is 0.0424. The highest BCUT2D eigenvalue weighted by atomic mass is 16.5. The molecule has 0 amide bonds. The first-order valence-corrected chi connectivity index (χ1v) is 4.76. The van der Waals surface area contributed by atoms with Crippen molar-refractivity contribution in [3.63, 3.8) is 0 Å². The molecule has 2 atom stereocenters. The molecule has 3 nitrogen and oxygen atoms in total. The molecule has 3 heteroatoms. The zero-order valence-corrected chi connectivity index (χ0v) is 8.60. The normalized spacial score (nSPS) is 14.9. The lowest BCUT2D eigenvalue weighted by atomic mass is 10.1. The summed E-state index contributed by atoms with van der Waals surface area (Å²) < 4.78 is 5.31. The van der Waals surface area contributed by atoms with Crippen molar-refractivity contribution in [1.29, 1.82) is 0 Å². The molecule has 0 spiro atoms. The highest BCUT2D eigenvalue weighted by Crippen LogP contribution is 2.15. The van der Waals surface area contributed by atoms with Gasteiger partial charge in [0.1, 0.15) is 12.4 Å². The van der Waals surface area contributed by atoms with Crippen LogP contribution in [0, 0.1) is 0 Å². The average molecular weight is 195 g/mol. The molecule has 0 aliphatic heterocycles. The Labute approximate surface area is 84.5 Å². The number of nitrogens with two attached hydrogens (primary N) is 1. The van der Waals surface area contributed by atoms with Gasteiger partial charge in [0, 0.05) is 6.04 Å². The molecule has 3 N–H and O–H groups in total. The smallest absolute Gasteiger partial charge is 0.119 e. The van der Waals surface area contributed by atoms with E-state index in [0.29, 0.717) is 6.61 Å². The second kappa shape index (κ2) is 4.98. The maximum atomic E-state index is 9.01. The second-order valence-electron chi connectivity index (χ2n) is 3.52. The zero-order chi connectivity index (χ0) is 10.6. The van der Waals surface area contributed by atoms with Gasteiger partial charge in [-0.3, -0.25) is 0 Å². The van der Waals surface area contributed by atoms with E-state index >= 15 is 0 Å². The number of hydrogen-bond acceptors (Lipinski definition) is 3. The van der Waals surface area contributed by atoms with Crippen molar-refractivity contribution in [1.82, 2.24) is 0 Å². The molecule has 0 aliphatic rings. The van der Waals surface area contributed by atoms with Crippen LogP contribution < -0.4 is 10.5 Å². The molecule has 0 saturated carbocycles. The standard InChI is InChI=1S/C11H17NO2/c1-8(13)7-14-11-5-3-10(4-6-11)9(2)12/h3-6,8-9,13H,7,12H2,1-2H3/t8?,9-/m1/s1. The molecule has 0 fully saturated rings. The topological polar surface area (TPSA) is 55.5 Å². The van der Waals surface area contributed by atoms with Gasteiger partial charge in [-0.15, -0.1) is 0 Å². The summed E-state index contributed by atoms with van der Waals surface area (Å²) in [4.78, 5) is 0. The number of aliphatic hydroxyl groups is 1. The molecule has 1 aromatic carbocycles. The summed E-state index contributed by atoms with van der Waals surface area (Å²) >= 11 is 0. The van der Waals surface area contributed by atoms with Gasteiger partial charge in [0.25, 0.3) is 0 Å². The van der Waals surface area contributed by atoms with Gasteiger partial charge in [0.2, 0.25) is 0 Å². The second-order valence-corrected chi connectivity index (χ2v) is 3.52. The van der Waals surface area contributed by atoms with Crippen LogP contribution in [-0.2, 0) is 0 Å². The summed E-state index contributed by atoms with van der Waals surface area (Å²) in [5.41, 5.74) is 6.78. The molecule has 14 heavy (non-hydrogen) atoms. The van der Waals surface area contributed by atoms with Crippen LogP contribution in [0.2, 0.25) is 0 Å². The lowest BCUT2D eigenvalue weighted by Gasteiger charge is -2.09. The van der Waals surface area contributed by atoms with Gasteiger partial charge in [-0.05, 0) is 31.5 Å². The molecular weight excluding hydrogens is 178 g/mol. The molecule has 0 radical (unpaired) electrons. The lowest BCUT2D eigenvalue weighted by Crippen LogP contribution is -2.12. The predicted molar refractivity (Wildman–Crippen MR) is 56.2 cm³/mol. The van der Waals surface area contributed by atoms with Crippen LogP contribution in [0.3, 0.4) is 0 Å². The maximum Gasteiger partial charge on any atom is 0.119 e. The van der Waals surface area contributed by atoms with E-state index in [9.17, 15) is 0 Å². The first kappa shape index (κ1) is 11.0. The summed E-state index contributed by atoms with van der Waals surface area (Å²) in [6, 6.07) is 7.63. The molecule has 0 aliphatic carbocycles. The van der Waals surface area contributed by atoms with Crippen LogP contribution in [-0.4, -0.2) is 17.8 Å². The summed E-state index contributed by atoms with van der Waals surface area (Å²) in [6.07, 6.45) is -0.442. The van der Waals surface area contributed by atoms with E-state index in [1.807, 2.05) is 31.2 Å². The molecular formula is C11H17NO2. The zero-order valence-electron chi connectivity index (χ0n) is 8.60. The van der Waals surface area contributed by atoms with Gasteiger partial charge < -0.3 is 15.6 Å². The Morgan fingerprint density at radius 3 is 2.29 bits per heavy atom. The van der Waals surface area contributed by atoms with Crippen LogP contribution in [0.4, 0.5) is 0 Å². The van der Waals surface area contributed by atoms with E-state index in [4.69, 9.17) is 15.6 Å². The van der Waals surface area contributed by atoms with Crippen molar-refractivity contribution >= 4 is 0 Å². The summed E-state index contributed by atoms with van der Waals surface area (Å²) in [6.45, 7) is 3.94. The minimum atomic E-state index is -0.442. The van der Waals surface area contributed by atoms with Crippen molar-refractivity contribution in [3.8, 4) is 5.75 Å². The molecule has 0 aromatic heterocycles. The first-order valence-electron chi connectivity index (χ1n) is 4.76. The third-order valence-electron chi connectivity index (χ3n) is 1.90. The molecule has 0 saturated heterocycles. The number of rotatable bonds is 4. The molecule has 1 rings (SSSR count). The summed E-state index contributed by atoms with van der Waals surface area (Å²) in [7, 11) is 0. The van der Waals surface area contributed by atoms with Crippen molar-refractivity contribution in [3.05, 3.63) is 29.8 Å². The van der Waals surface area contributed by atoms with E-state index in [1.165, 1.54) is 0 Å². The summed E-state index contributed by atoms with van der Waals surface area (Å²) in [5, 5.41) is 9.01. The first-order chi connectivity index (χ1) is 6.59. The number of benzene rings is 1. The Morgan fingerprint density at radius 1 is 1.29 bits per heavy atom. The minimum Gasteiger partial charge on any atom is -0.491 e. The fourth-order valence-electron chi connectivity index (χ4n) is 1.08. The van der Waals surface area contributed by atoms with E-state index in [-0.39, 0.29) is 6.04 Å². The number of hydrogen-bond donors (Lipinski definition) is 2. The Bertz CT molecular complexity index is 267. The molecule has 1 aromatic rings. The SMILES string of the molecule is CC(O)COc1ccc([C@@H](C)N)cc1. The van der Waals surface area contributed by atoms with Crippen molar-refractivity contribution in [2.45, 2.75) is 26.0 Å². The van der Waals surface area contributed by atoms with Gasteiger partial charge in [-0.25, -0.2) is 0 Å². The third-order valence-corrected chi connectivity index (χ3v) is 1.90. The Hall–Kier alpha value is -1.06. The molecule has 0 heterocycles. The Morgan fingerprint density at radius 2 is 1.86 bits per heavy atom. The Balaban J connectivity index is 2.55. The van der Waals surface area contributed by atoms with Crippen LogP contribution >= 0.6 is 0 Å². The van der Waals surface area contributed by atoms with Gasteiger partial charge in [-0.1, -0.05) is 12.1 Å². The largest absolute Gasteiger partial charge is 0.491 e. The molecule has 78 valence electrons. The quantitative estimate of drug-likeness (QED) is 0.764. The fraction of sp³-hybridized carbons (Fsp3) is 0.455. The van der Waals surface area contributed by atoms with Crippen molar-refractivity contribution in [2.24, 2.45) is 5.73 Å². The van der Waals surface area contributed by atoms with Gasteiger partial charge >= 0.3 is 0 Å². The van der Waals surface area contributed by atoms with Crippen LogP contribution in [0.25, 0.3) is 0 Å². The monoisotopic (exact) mass is 195 g/mol. The summed E-state index contributed by atoms with van der Waals surface area (Å²) in [5.74, 6) is 0.760. The van der Waals surface area contributed by atoms with E-state index in [0.717, 1.165) is 11.3 Å². The van der Waals surface area contributed by atoms with Gasteiger partial charge in [0.15, 0.2) is 0 Å². The third kappa shape index (κ3) is 3.36. The average Bonchev–Trinajstić information content (AvgIpc) is 2.15. The van der Waals surface area contributed by atoms with E-state index in [2.05, 4.69) is 0 Å². The van der Waals surface area contributed by atoms with E-state index < -0.39 is 6.10 Å². The van der Waals surface area contributed by atoms with Crippen LogP contribution in [0.5, 0.6) is 5.75 Å². The van der Waals surface area contributed by atoms with Crippen LogP contribution in [0.15, 0.2) is 24.3 Å². The lowest BCUT2D eigenvalue weighted by molar-refractivity contribution is 0.122. The van der Waals surface area contributed by atoms with Crippen LogP contribution in [0.1, 0.15) is 25.5 Å². The van der Waals surface area contributed by atoms with Crippen molar-refractivity contribution in [2.75, 3.05) is 6.61 Å². The van der Waals surface area contributed by atoms with E-state index in [1.54, 1.807) is 6.92 Å². The maximum absolute atomic E-state index is 9.01. The highest BCUT2D eigenvalue weighted by Gasteiger charge is 2.00.